The van der Waals surface area contributed by atoms with Crippen molar-refractivity contribution in [1.29, 1.82) is 0 Å². The quantitative estimate of drug-likeness (QED) is 0.720. The summed E-state index contributed by atoms with van der Waals surface area (Å²) >= 11 is 1.29. The number of nitrogens with one attached hydrogen (secondary N) is 1. The van der Waals surface area contributed by atoms with Crippen LogP contribution in [-0.2, 0) is 14.8 Å². The van der Waals surface area contributed by atoms with E-state index < -0.39 is 10.0 Å². The first kappa shape index (κ1) is 21.8. The van der Waals surface area contributed by atoms with Gasteiger partial charge in [-0.25, -0.2) is 8.42 Å². The number of carbonyl (C=O) groups is 2. The summed E-state index contributed by atoms with van der Waals surface area (Å²) in [7, 11) is -3.40. The molecule has 1 N–H and O–H groups in total. The van der Waals surface area contributed by atoms with Gasteiger partial charge in [0.1, 0.15) is 0 Å². The molecule has 0 spiro atoms. The predicted octanol–water partition coefficient (Wildman–Crippen LogP) is 2.60. The highest BCUT2D eigenvalue weighted by Crippen LogP contribution is 2.42. The molecule has 5 rings (SSSR count). The standard InChI is InChI=1S/C22H28N4O4S2/c27-20(23-17-8-10-25(11-9-17)21(28)15-4-2-1-3-5-15)16-6-7-18-19(14-16)31-22-24-32(29,30)13-12-26(18)22/h6-7,14-15,17H,1-5,8-13H2,(H,23,27). The number of thioether (sulfide) groups is 1. The van der Waals surface area contributed by atoms with Gasteiger partial charge in [-0.2, -0.15) is 0 Å². The van der Waals surface area contributed by atoms with Crippen LogP contribution >= 0.6 is 11.8 Å². The van der Waals surface area contributed by atoms with Crippen molar-refractivity contribution in [3.05, 3.63) is 23.8 Å². The van der Waals surface area contributed by atoms with Gasteiger partial charge in [-0.1, -0.05) is 19.3 Å². The largest absolute Gasteiger partial charge is 0.349 e. The summed E-state index contributed by atoms with van der Waals surface area (Å²) in [6, 6.07) is 5.51. The molecule has 0 atom stereocenters. The van der Waals surface area contributed by atoms with E-state index in [-0.39, 0.29) is 23.6 Å². The van der Waals surface area contributed by atoms with E-state index in [0.717, 1.165) is 49.1 Å². The van der Waals surface area contributed by atoms with Gasteiger partial charge < -0.3 is 15.1 Å². The fourth-order valence-corrected chi connectivity index (χ4v) is 7.29. The Balaban J connectivity index is 1.18. The number of anilines is 1. The molecule has 8 nitrogen and oxygen atoms in total. The number of nitrogens with zero attached hydrogens (tertiary/aromatic N) is 3. The first-order chi connectivity index (χ1) is 15.4. The van der Waals surface area contributed by atoms with Crippen LogP contribution in [0.2, 0.25) is 0 Å². The van der Waals surface area contributed by atoms with Crippen LogP contribution in [0.25, 0.3) is 0 Å². The Morgan fingerprint density at radius 1 is 1.03 bits per heavy atom. The molecule has 3 aliphatic heterocycles. The first-order valence-electron chi connectivity index (χ1n) is 11.4. The zero-order chi connectivity index (χ0) is 22.3. The summed E-state index contributed by atoms with van der Waals surface area (Å²) < 4.78 is 27.4. The van der Waals surface area contributed by atoms with E-state index in [1.807, 2.05) is 21.9 Å². The van der Waals surface area contributed by atoms with Crippen molar-refractivity contribution < 1.29 is 18.0 Å². The highest BCUT2D eigenvalue weighted by molar-refractivity contribution is 8.15. The molecule has 0 aromatic heterocycles. The van der Waals surface area contributed by atoms with Crippen molar-refractivity contribution in [1.82, 2.24) is 10.2 Å². The second kappa shape index (κ2) is 8.70. The van der Waals surface area contributed by atoms with Gasteiger partial charge in [0.05, 0.1) is 11.4 Å². The van der Waals surface area contributed by atoms with Crippen LogP contribution in [0.15, 0.2) is 27.5 Å². The van der Waals surface area contributed by atoms with E-state index in [4.69, 9.17) is 0 Å². The van der Waals surface area contributed by atoms with Gasteiger partial charge in [-0.05, 0) is 55.6 Å². The molecule has 0 radical (unpaired) electrons. The molecule has 10 heteroatoms. The highest BCUT2D eigenvalue weighted by Gasteiger charge is 2.34. The Morgan fingerprint density at radius 3 is 2.53 bits per heavy atom. The van der Waals surface area contributed by atoms with E-state index >= 15 is 0 Å². The number of amides is 2. The molecule has 2 fully saturated rings. The molecule has 0 bridgehead atoms. The first-order valence-corrected chi connectivity index (χ1v) is 13.8. The molecule has 1 aliphatic carbocycles. The maximum Gasteiger partial charge on any atom is 0.257 e. The summed E-state index contributed by atoms with van der Waals surface area (Å²) in [5.41, 5.74) is 1.45. The van der Waals surface area contributed by atoms with E-state index in [0.29, 0.717) is 36.3 Å². The maximum atomic E-state index is 12.9. The van der Waals surface area contributed by atoms with E-state index in [1.165, 1.54) is 18.2 Å². The number of carbonyl (C=O) groups excluding carboxylic acids is 2. The molecular weight excluding hydrogens is 448 g/mol. The lowest BCUT2D eigenvalue weighted by Gasteiger charge is -2.35. The van der Waals surface area contributed by atoms with Crippen LogP contribution in [0.1, 0.15) is 55.3 Å². The van der Waals surface area contributed by atoms with Crippen LogP contribution < -0.4 is 10.2 Å². The zero-order valence-electron chi connectivity index (χ0n) is 18.0. The number of hydrogen-bond acceptors (Lipinski definition) is 6. The van der Waals surface area contributed by atoms with Gasteiger partial charge in [0.15, 0.2) is 5.17 Å². The Labute approximate surface area is 192 Å². The number of hydrogen-bond donors (Lipinski definition) is 1. The molecule has 2 amide bonds. The number of sulfonamides is 1. The van der Waals surface area contributed by atoms with Crippen molar-refractivity contribution in [3.63, 3.8) is 0 Å². The predicted molar refractivity (Wildman–Crippen MR) is 125 cm³/mol. The summed E-state index contributed by atoms with van der Waals surface area (Å²) in [6.07, 6.45) is 7.12. The van der Waals surface area contributed by atoms with Crippen molar-refractivity contribution in [2.75, 3.05) is 30.3 Å². The third kappa shape index (κ3) is 4.39. The van der Waals surface area contributed by atoms with Crippen LogP contribution in [0.5, 0.6) is 0 Å². The molecule has 1 saturated carbocycles. The number of rotatable bonds is 3. The van der Waals surface area contributed by atoms with Crippen LogP contribution in [0.4, 0.5) is 5.69 Å². The van der Waals surface area contributed by atoms with Crippen molar-refractivity contribution in [3.8, 4) is 0 Å². The number of benzene rings is 1. The van der Waals surface area contributed by atoms with Crippen molar-refractivity contribution in [2.45, 2.75) is 55.9 Å². The van der Waals surface area contributed by atoms with Gasteiger partial charge in [0, 0.05) is 42.1 Å². The van der Waals surface area contributed by atoms with Crippen molar-refractivity contribution in [2.24, 2.45) is 10.3 Å². The normalized spacial score (nSPS) is 23.3. The molecule has 1 aromatic carbocycles. The molecular formula is C22H28N4O4S2. The Morgan fingerprint density at radius 2 is 1.78 bits per heavy atom. The SMILES string of the molecule is O=C(NC1CCN(C(=O)C2CCCCC2)CC1)c1ccc2c(c1)SC1=NS(=O)(=O)CCN12. The Hall–Kier alpha value is -2.07. The fourth-order valence-electron chi connectivity index (χ4n) is 4.99. The third-order valence-corrected chi connectivity index (χ3v) is 9.14. The number of likely N-dealkylation sites (tertiary alicyclic amines) is 1. The summed E-state index contributed by atoms with van der Waals surface area (Å²) in [5.74, 6) is 0.356. The Bertz CT molecular complexity index is 1060. The van der Waals surface area contributed by atoms with E-state index in [1.54, 1.807) is 6.07 Å². The average Bonchev–Trinajstić information content (AvgIpc) is 3.15. The third-order valence-electron chi connectivity index (χ3n) is 6.83. The second-order valence-corrected chi connectivity index (χ2v) is 11.8. The van der Waals surface area contributed by atoms with Crippen LogP contribution in [0, 0.1) is 5.92 Å². The highest BCUT2D eigenvalue weighted by atomic mass is 32.2. The molecule has 32 heavy (non-hydrogen) atoms. The van der Waals surface area contributed by atoms with Crippen LogP contribution in [-0.4, -0.2) is 61.7 Å². The molecule has 0 unspecified atom stereocenters. The Kier molecular flexibility index (Phi) is 5.92. The lowest BCUT2D eigenvalue weighted by Crippen LogP contribution is -2.48. The number of fused-ring (bicyclic) bond motifs is 3. The van der Waals surface area contributed by atoms with Crippen molar-refractivity contribution >= 4 is 44.5 Å². The van der Waals surface area contributed by atoms with E-state index in [9.17, 15) is 18.0 Å². The molecule has 172 valence electrons. The fraction of sp³-hybridized carbons (Fsp3) is 0.591. The van der Waals surface area contributed by atoms with Gasteiger partial charge in [0.2, 0.25) is 5.91 Å². The minimum absolute atomic E-state index is 0.000679. The topological polar surface area (TPSA) is 99.1 Å². The molecule has 1 aromatic rings. The van der Waals surface area contributed by atoms with Gasteiger partial charge >= 0.3 is 0 Å². The van der Waals surface area contributed by atoms with Gasteiger partial charge in [-0.15, -0.1) is 4.40 Å². The molecule has 3 heterocycles. The second-order valence-electron chi connectivity index (χ2n) is 9.00. The van der Waals surface area contributed by atoms with E-state index in [2.05, 4.69) is 9.71 Å². The lowest BCUT2D eigenvalue weighted by atomic mass is 9.87. The van der Waals surface area contributed by atoms with Gasteiger partial charge in [-0.3, -0.25) is 9.59 Å². The average molecular weight is 477 g/mol. The molecule has 1 saturated heterocycles. The minimum atomic E-state index is -3.40. The summed E-state index contributed by atoms with van der Waals surface area (Å²) in [5, 5.41) is 3.57. The van der Waals surface area contributed by atoms with Crippen LogP contribution in [0.3, 0.4) is 0 Å². The van der Waals surface area contributed by atoms with Gasteiger partial charge in [0.25, 0.3) is 15.9 Å². The molecule has 4 aliphatic rings. The number of amidine groups is 1. The smallest absolute Gasteiger partial charge is 0.257 e. The minimum Gasteiger partial charge on any atom is -0.349 e. The monoisotopic (exact) mass is 476 g/mol. The number of piperidine rings is 1. The summed E-state index contributed by atoms with van der Waals surface area (Å²) in [6.45, 7) is 1.78. The zero-order valence-corrected chi connectivity index (χ0v) is 19.6. The lowest BCUT2D eigenvalue weighted by molar-refractivity contribution is -0.137. The summed E-state index contributed by atoms with van der Waals surface area (Å²) in [4.78, 5) is 30.3. The maximum absolute atomic E-state index is 12.9.